The molecule has 0 atom stereocenters. The number of aromatic amines is 1. The number of nitrogens with zero attached hydrogens (tertiary/aromatic N) is 4. The summed E-state index contributed by atoms with van der Waals surface area (Å²) in [5.74, 6) is 0.288. The third-order valence-corrected chi connectivity index (χ3v) is 4.97. The van der Waals surface area contributed by atoms with Crippen molar-refractivity contribution >= 4 is 40.4 Å². The number of carbonyl (C=O) groups excluding carboxylic acids is 1. The van der Waals surface area contributed by atoms with Gasteiger partial charge in [0.1, 0.15) is 5.69 Å². The third kappa shape index (κ3) is 6.19. The van der Waals surface area contributed by atoms with Crippen LogP contribution in [0.3, 0.4) is 0 Å². The average Bonchev–Trinajstić information content (AvgIpc) is 3.24. The van der Waals surface area contributed by atoms with Crippen molar-refractivity contribution in [2.45, 2.75) is 20.8 Å². The number of anilines is 2. The predicted octanol–water partition coefficient (Wildman–Crippen LogP) is 4.82. The molecule has 0 aliphatic heterocycles. The van der Waals surface area contributed by atoms with E-state index in [0.717, 1.165) is 39.1 Å². The highest BCUT2D eigenvalue weighted by atomic mass is 16.1. The fourth-order valence-corrected chi connectivity index (χ4v) is 3.34. The summed E-state index contributed by atoms with van der Waals surface area (Å²) in [6, 6.07) is 7.62. The summed E-state index contributed by atoms with van der Waals surface area (Å²) in [5.41, 5.74) is 5.56. The van der Waals surface area contributed by atoms with Gasteiger partial charge in [-0.15, -0.1) is 0 Å². The Kier molecular flexibility index (Phi) is 7.97. The van der Waals surface area contributed by atoms with Gasteiger partial charge in [-0.05, 0) is 68.4 Å². The molecule has 0 aliphatic rings. The number of hydrogen-bond acceptors (Lipinski definition) is 6. The molecule has 3 N–H and O–H groups in total. The SMILES string of the molecule is C=C(/C=C\N(C)C)CNC(=O)c1cc2cc(Nc3nccc(/C(=C/C)N=CC)n3)cc(C)c2[nH]1. The quantitative estimate of drug-likeness (QED) is 0.316. The van der Waals surface area contributed by atoms with Gasteiger partial charge in [0, 0.05) is 49.6 Å². The fraction of sp³-hybridized carbons (Fsp3) is 0.231. The number of amides is 1. The molecular formula is C26H31N7O. The zero-order valence-corrected chi connectivity index (χ0v) is 20.3. The largest absolute Gasteiger partial charge is 0.383 e. The number of carbonyl (C=O) groups is 1. The first-order chi connectivity index (χ1) is 16.3. The van der Waals surface area contributed by atoms with E-state index in [0.29, 0.717) is 18.2 Å². The van der Waals surface area contributed by atoms with E-state index in [1.54, 1.807) is 12.4 Å². The summed E-state index contributed by atoms with van der Waals surface area (Å²) in [6.45, 7) is 10.1. The van der Waals surface area contributed by atoms with Crippen LogP contribution in [0.5, 0.6) is 0 Å². The van der Waals surface area contributed by atoms with E-state index >= 15 is 0 Å². The van der Waals surface area contributed by atoms with Crippen LogP contribution in [0.2, 0.25) is 0 Å². The topological polar surface area (TPSA) is 98.3 Å². The average molecular weight is 458 g/mol. The highest BCUT2D eigenvalue weighted by Gasteiger charge is 2.12. The number of aromatic nitrogens is 3. The van der Waals surface area contributed by atoms with Gasteiger partial charge in [-0.3, -0.25) is 9.79 Å². The van der Waals surface area contributed by atoms with Crippen LogP contribution in [-0.2, 0) is 0 Å². The van der Waals surface area contributed by atoms with Crippen LogP contribution in [0.15, 0.2) is 66.0 Å². The van der Waals surface area contributed by atoms with Gasteiger partial charge >= 0.3 is 0 Å². The van der Waals surface area contributed by atoms with E-state index < -0.39 is 0 Å². The van der Waals surface area contributed by atoms with Gasteiger partial charge in [0.15, 0.2) is 0 Å². The smallest absolute Gasteiger partial charge is 0.267 e. The third-order valence-electron chi connectivity index (χ3n) is 4.97. The van der Waals surface area contributed by atoms with Crippen molar-refractivity contribution in [3.8, 4) is 0 Å². The maximum absolute atomic E-state index is 12.7. The number of aryl methyl sites for hydroxylation is 1. The van der Waals surface area contributed by atoms with E-state index in [1.165, 1.54) is 0 Å². The van der Waals surface area contributed by atoms with Crippen LogP contribution in [-0.4, -0.2) is 52.6 Å². The van der Waals surface area contributed by atoms with Gasteiger partial charge in [-0.1, -0.05) is 12.7 Å². The van der Waals surface area contributed by atoms with Gasteiger partial charge in [0.25, 0.3) is 5.91 Å². The Morgan fingerprint density at radius 3 is 2.76 bits per heavy atom. The number of allylic oxidation sites excluding steroid dienone is 1. The van der Waals surface area contributed by atoms with Crippen LogP contribution in [0.25, 0.3) is 16.6 Å². The molecule has 8 nitrogen and oxygen atoms in total. The van der Waals surface area contributed by atoms with E-state index in [4.69, 9.17) is 0 Å². The molecule has 34 heavy (non-hydrogen) atoms. The monoisotopic (exact) mass is 457 g/mol. The van der Waals surface area contributed by atoms with E-state index in [9.17, 15) is 4.79 Å². The lowest BCUT2D eigenvalue weighted by atomic mass is 10.1. The minimum Gasteiger partial charge on any atom is -0.383 e. The molecule has 0 unspecified atom stereocenters. The van der Waals surface area contributed by atoms with Crippen molar-refractivity contribution in [2.75, 3.05) is 26.0 Å². The number of nitrogens with one attached hydrogen (secondary N) is 3. The van der Waals surface area contributed by atoms with Crippen molar-refractivity contribution < 1.29 is 4.79 Å². The lowest BCUT2D eigenvalue weighted by molar-refractivity contribution is 0.0953. The standard InChI is InChI=1S/C26H31N7O/c1-7-21(27-8-2)22-9-11-28-26(32-22)30-20-13-18(4)24-19(14-20)15-23(31-24)25(34)29-16-17(3)10-12-33(5)6/h7-15,31H,3,16H2,1-2,4-6H3,(H,29,34)(H,28,30,32)/b12-10-,21-7-,27-8?. The van der Waals surface area contributed by atoms with Gasteiger partial charge in [0.05, 0.1) is 11.4 Å². The molecule has 0 bridgehead atoms. The number of aliphatic imine (C=N–C) groups is 1. The first-order valence-electron chi connectivity index (χ1n) is 11.0. The normalized spacial score (nSPS) is 12.0. The van der Waals surface area contributed by atoms with Crippen LogP contribution in [0, 0.1) is 6.92 Å². The highest BCUT2D eigenvalue weighted by molar-refractivity contribution is 5.99. The molecular weight excluding hydrogens is 426 g/mol. The Labute approximate surface area is 200 Å². The summed E-state index contributed by atoms with van der Waals surface area (Å²) in [7, 11) is 3.86. The molecule has 0 spiro atoms. The first-order valence-corrected chi connectivity index (χ1v) is 11.0. The lowest BCUT2D eigenvalue weighted by Gasteiger charge is -2.08. The van der Waals surface area contributed by atoms with E-state index in [-0.39, 0.29) is 5.91 Å². The molecule has 2 aromatic heterocycles. The van der Waals surface area contributed by atoms with Crippen molar-refractivity contribution in [3.63, 3.8) is 0 Å². The van der Waals surface area contributed by atoms with E-state index in [2.05, 4.69) is 37.2 Å². The summed E-state index contributed by atoms with van der Waals surface area (Å²) in [6.07, 6.45) is 9.11. The second-order valence-electron chi connectivity index (χ2n) is 8.01. The van der Waals surface area contributed by atoms with Gasteiger partial charge < -0.3 is 20.5 Å². The summed E-state index contributed by atoms with van der Waals surface area (Å²) in [5, 5.41) is 7.08. The molecule has 2 heterocycles. The molecule has 8 heteroatoms. The number of rotatable bonds is 9. The number of H-pyrrole nitrogens is 1. The van der Waals surface area contributed by atoms with Gasteiger partial charge in [-0.25, -0.2) is 9.97 Å². The minimum atomic E-state index is -0.184. The lowest BCUT2D eigenvalue weighted by Crippen LogP contribution is -2.25. The molecule has 0 fully saturated rings. The van der Waals surface area contributed by atoms with Crippen LogP contribution >= 0.6 is 0 Å². The molecule has 0 aliphatic carbocycles. The Hall–Kier alpha value is -4.20. The van der Waals surface area contributed by atoms with Gasteiger partial charge in [0.2, 0.25) is 5.95 Å². The Morgan fingerprint density at radius 2 is 2.06 bits per heavy atom. The first kappa shape index (κ1) is 24.4. The molecule has 1 amide bonds. The van der Waals surface area contributed by atoms with Crippen LogP contribution < -0.4 is 10.6 Å². The molecule has 0 saturated carbocycles. The number of fused-ring (bicyclic) bond motifs is 1. The molecule has 3 rings (SSSR count). The van der Waals surface area contributed by atoms with Crippen molar-refractivity contribution in [2.24, 2.45) is 4.99 Å². The Bertz CT molecular complexity index is 1280. The molecule has 0 saturated heterocycles. The Morgan fingerprint density at radius 1 is 1.26 bits per heavy atom. The molecule has 3 aromatic rings. The van der Waals surface area contributed by atoms with Crippen LogP contribution in [0.1, 0.15) is 35.6 Å². The zero-order valence-electron chi connectivity index (χ0n) is 20.3. The van der Waals surface area contributed by atoms with Gasteiger partial charge in [-0.2, -0.15) is 0 Å². The highest BCUT2D eigenvalue weighted by Crippen LogP contribution is 2.26. The fourth-order valence-electron chi connectivity index (χ4n) is 3.34. The number of benzene rings is 1. The van der Waals surface area contributed by atoms with Crippen LogP contribution in [0.4, 0.5) is 11.6 Å². The predicted molar refractivity (Wildman–Crippen MR) is 140 cm³/mol. The second-order valence-corrected chi connectivity index (χ2v) is 8.01. The molecule has 176 valence electrons. The van der Waals surface area contributed by atoms with Crippen molar-refractivity contribution in [1.82, 2.24) is 25.2 Å². The summed E-state index contributed by atoms with van der Waals surface area (Å²) in [4.78, 5) is 31.0. The minimum absolute atomic E-state index is 0.184. The zero-order chi connectivity index (χ0) is 24.7. The van der Waals surface area contributed by atoms with Crippen molar-refractivity contribution in [3.05, 3.63) is 77.9 Å². The molecule has 0 radical (unpaired) electrons. The maximum atomic E-state index is 12.7. The second kappa shape index (κ2) is 11.1. The maximum Gasteiger partial charge on any atom is 0.267 e. The molecule has 1 aromatic carbocycles. The summed E-state index contributed by atoms with van der Waals surface area (Å²) < 4.78 is 0. The number of hydrogen-bond donors (Lipinski definition) is 3. The summed E-state index contributed by atoms with van der Waals surface area (Å²) >= 11 is 0. The Balaban J connectivity index is 1.77. The van der Waals surface area contributed by atoms with Crippen molar-refractivity contribution in [1.29, 1.82) is 0 Å². The van der Waals surface area contributed by atoms with E-state index in [1.807, 2.05) is 82.4 Å².